The highest BCUT2D eigenvalue weighted by molar-refractivity contribution is 6.29. The Balaban J connectivity index is 1.93. The maximum Gasteiger partial charge on any atom is 0.161 e. The average Bonchev–Trinajstić information content (AvgIpc) is 3.15. The zero-order valence-corrected chi connectivity index (χ0v) is 10.9. The van der Waals surface area contributed by atoms with Gasteiger partial charge in [0.2, 0.25) is 0 Å². The number of fused-ring (bicyclic) bond motifs is 1. The predicted molar refractivity (Wildman–Crippen MR) is 74.1 cm³/mol. The van der Waals surface area contributed by atoms with Gasteiger partial charge in [-0.15, -0.1) is 0 Å². The minimum atomic E-state index is 0.507. The lowest BCUT2D eigenvalue weighted by atomic mass is 10.1. The Labute approximate surface area is 114 Å². The second-order valence-electron chi connectivity index (χ2n) is 4.81. The average molecular weight is 271 g/mol. The molecule has 0 atom stereocenters. The van der Waals surface area contributed by atoms with Crippen LogP contribution in [0.2, 0.25) is 5.15 Å². The highest BCUT2D eigenvalue weighted by atomic mass is 35.5. The highest BCUT2D eigenvalue weighted by Crippen LogP contribution is 2.40. The van der Waals surface area contributed by atoms with Crippen molar-refractivity contribution in [3.8, 4) is 11.4 Å². The molecule has 19 heavy (non-hydrogen) atoms. The number of rotatable bonds is 2. The molecule has 0 amide bonds. The van der Waals surface area contributed by atoms with Gasteiger partial charge in [0.15, 0.2) is 5.82 Å². The maximum absolute atomic E-state index is 6.12. The number of aromatic amines is 1. The Kier molecular flexibility index (Phi) is 2.32. The van der Waals surface area contributed by atoms with Crippen molar-refractivity contribution in [1.29, 1.82) is 0 Å². The summed E-state index contributed by atoms with van der Waals surface area (Å²) in [5.74, 6) is 1.24. The van der Waals surface area contributed by atoms with Crippen LogP contribution in [0.15, 0.2) is 30.6 Å². The van der Waals surface area contributed by atoms with E-state index in [1.807, 2.05) is 24.4 Å². The fraction of sp³-hybridized carbons (Fsp3) is 0.214. The molecule has 94 valence electrons. The molecule has 3 aromatic heterocycles. The van der Waals surface area contributed by atoms with Crippen molar-refractivity contribution in [2.45, 2.75) is 18.8 Å². The van der Waals surface area contributed by atoms with Crippen LogP contribution in [0.1, 0.15) is 24.5 Å². The van der Waals surface area contributed by atoms with Crippen molar-refractivity contribution < 1.29 is 0 Å². The molecule has 0 saturated heterocycles. The normalized spacial score (nSPS) is 15.0. The van der Waals surface area contributed by atoms with Crippen LogP contribution in [0.25, 0.3) is 22.4 Å². The number of H-pyrrole nitrogens is 1. The molecule has 3 heterocycles. The lowest BCUT2D eigenvalue weighted by molar-refractivity contribution is 0.995. The second-order valence-corrected chi connectivity index (χ2v) is 5.20. The molecule has 0 unspecified atom stereocenters. The Hall–Kier alpha value is -1.94. The van der Waals surface area contributed by atoms with Crippen LogP contribution in [0.3, 0.4) is 0 Å². The number of halogens is 1. The van der Waals surface area contributed by atoms with Crippen molar-refractivity contribution in [3.63, 3.8) is 0 Å². The van der Waals surface area contributed by atoms with Gasteiger partial charge in [-0.1, -0.05) is 11.6 Å². The van der Waals surface area contributed by atoms with E-state index >= 15 is 0 Å². The van der Waals surface area contributed by atoms with Crippen molar-refractivity contribution in [2.75, 3.05) is 0 Å². The molecule has 4 nitrogen and oxygen atoms in total. The molecule has 0 aliphatic heterocycles. The first kappa shape index (κ1) is 10.9. The van der Waals surface area contributed by atoms with E-state index in [0.29, 0.717) is 16.9 Å². The van der Waals surface area contributed by atoms with E-state index in [0.717, 1.165) is 22.3 Å². The first-order valence-electron chi connectivity index (χ1n) is 6.28. The fourth-order valence-electron chi connectivity index (χ4n) is 2.30. The summed E-state index contributed by atoms with van der Waals surface area (Å²) in [5.41, 5.74) is 2.86. The summed E-state index contributed by atoms with van der Waals surface area (Å²) in [6.45, 7) is 0. The van der Waals surface area contributed by atoms with Crippen molar-refractivity contribution >= 4 is 22.6 Å². The molecule has 1 fully saturated rings. The molecule has 1 aliphatic carbocycles. The van der Waals surface area contributed by atoms with Crippen LogP contribution in [-0.2, 0) is 0 Å². The monoisotopic (exact) mass is 270 g/mol. The molecule has 1 saturated carbocycles. The summed E-state index contributed by atoms with van der Waals surface area (Å²) >= 11 is 6.12. The van der Waals surface area contributed by atoms with E-state index in [1.54, 1.807) is 6.20 Å². The minimum absolute atomic E-state index is 0.507. The van der Waals surface area contributed by atoms with Gasteiger partial charge in [0.05, 0.1) is 0 Å². The number of hydrogen-bond donors (Lipinski definition) is 1. The predicted octanol–water partition coefficient (Wildman–Crippen LogP) is 3.55. The Morgan fingerprint density at radius 2 is 2.11 bits per heavy atom. The van der Waals surface area contributed by atoms with Crippen LogP contribution < -0.4 is 0 Å². The molecule has 1 aliphatic rings. The van der Waals surface area contributed by atoms with Gasteiger partial charge >= 0.3 is 0 Å². The molecule has 0 spiro atoms. The van der Waals surface area contributed by atoms with Crippen LogP contribution in [0, 0.1) is 0 Å². The number of pyridine rings is 1. The molecule has 4 rings (SSSR count). The first-order chi connectivity index (χ1) is 9.31. The van der Waals surface area contributed by atoms with Gasteiger partial charge < -0.3 is 4.98 Å². The van der Waals surface area contributed by atoms with E-state index in [2.05, 4.69) is 19.9 Å². The second kappa shape index (κ2) is 4.03. The third-order valence-electron chi connectivity index (χ3n) is 3.41. The summed E-state index contributed by atoms with van der Waals surface area (Å²) in [6, 6.07) is 5.79. The van der Waals surface area contributed by atoms with Crippen molar-refractivity contribution in [1.82, 2.24) is 19.9 Å². The summed E-state index contributed by atoms with van der Waals surface area (Å²) in [6.07, 6.45) is 6.02. The number of hydrogen-bond acceptors (Lipinski definition) is 3. The van der Waals surface area contributed by atoms with Gasteiger partial charge in [-0.2, -0.15) is 0 Å². The largest absolute Gasteiger partial charge is 0.346 e. The zero-order chi connectivity index (χ0) is 12.8. The molecular formula is C14H11ClN4. The standard InChI is InChI=1S/C14H11ClN4/c15-12-7-11(8-1-2-8)18-14(19-12)10-4-6-17-13-9(10)3-5-16-13/h3-8H,1-2H2,(H,16,17). The lowest BCUT2D eigenvalue weighted by Gasteiger charge is -2.05. The Morgan fingerprint density at radius 3 is 2.95 bits per heavy atom. The summed E-state index contributed by atoms with van der Waals surface area (Å²) in [7, 11) is 0. The van der Waals surface area contributed by atoms with E-state index in [-0.39, 0.29) is 0 Å². The van der Waals surface area contributed by atoms with Crippen molar-refractivity contribution in [2.24, 2.45) is 0 Å². The Bertz CT molecular complexity index is 761. The molecule has 0 bridgehead atoms. The van der Waals surface area contributed by atoms with Gasteiger partial charge in [0, 0.05) is 35.0 Å². The van der Waals surface area contributed by atoms with Crippen LogP contribution in [0.4, 0.5) is 0 Å². The SMILES string of the molecule is Clc1cc(C2CC2)nc(-c2ccnc3[nH]ccc23)n1. The molecule has 0 aromatic carbocycles. The van der Waals surface area contributed by atoms with Gasteiger partial charge in [-0.25, -0.2) is 15.0 Å². The Morgan fingerprint density at radius 1 is 1.21 bits per heavy atom. The highest BCUT2D eigenvalue weighted by Gasteiger charge is 2.26. The third kappa shape index (κ3) is 1.88. The van der Waals surface area contributed by atoms with Crippen LogP contribution >= 0.6 is 11.6 Å². The van der Waals surface area contributed by atoms with Crippen LogP contribution in [-0.4, -0.2) is 19.9 Å². The first-order valence-corrected chi connectivity index (χ1v) is 6.66. The van der Waals surface area contributed by atoms with Gasteiger partial charge in [-0.3, -0.25) is 0 Å². The quantitative estimate of drug-likeness (QED) is 0.725. The smallest absolute Gasteiger partial charge is 0.161 e. The summed E-state index contributed by atoms with van der Waals surface area (Å²) in [5, 5.41) is 1.53. The maximum atomic E-state index is 6.12. The third-order valence-corrected chi connectivity index (χ3v) is 3.61. The fourth-order valence-corrected chi connectivity index (χ4v) is 2.49. The van der Waals surface area contributed by atoms with E-state index in [9.17, 15) is 0 Å². The number of nitrogens with zero attached hydrogens (tertiary/aromatic N) is 3. The number of aromatic nitrogens is 4. The van der Waals surface area contributed by atoms with Gasteiger partial charge in [0.1, 0.15) is 10.8 Å². The van der Waals surface area contributed by atoms with Crippen molar-refractivity contribution in [3.05, 3.63) is 41.4 Å². The molecule has 0 radical (unpaired) electrons. The summed E-state index contributed by atoms with van der Waals surface area (Å²) in [4.78, 5) is 16.4. The summed E-state index contributed by atoms with van der Waals surface area (Å²) < 4.78 is 0. The molecular weight excluding hydrogens is 260 g/mol. The van der Waals surface area contributed by atoms with Crippen LogP contribution in [0.5, 0.6) is 0 Å². The van der Waals surface area contributed by atoms with E-state index in [1.165, 1.54) is 12.8 Å². The van der Waals surface area contributed by atoms with E-state index < -0.39 is 0 Å². The topological polar surface area (TPSA) is 54.5 Å². The lowest BCUT2D eigenvalue weighted by Crippen LogP contribution is -1.95. The van der Waals surface area contributed by atoms with Gasteiger partial charge in [-0.05, 0) is 31.0 Å². The minimum Gasteiger partial charge on any atom is -0.346 e. The molecule has 1 N–H and O–H groups in total. The number of nitrogens with one attached hydrogen (secondary N) is 1. The molecule has 3 aromatic rings. The molecule has 5 heteroatoms. The van der Waals surface area contributed by atoms with Gasteiger partial charge in [0.25, 0.3) is 0 Å². The zero-order valence-electron chi connectivity index (χ0n) is 10.1. The van der Waals surface area contributed by atoms with E-state index in [4.69, 9.17) is 11.6 Å².